The summed E-state index contributed by atoms with van der Waals surface area (Å²) in [6.45, 7) is 2.09. The number of rotatable bonds is 5. The van der Waals surface area contributed by atoms with E-state index in [4.69, 9.17) is 4.74 Å². The summed E-state index contributed by atoms with van der Waals surface area (Å²) in [6, 6.07) is 10.0. The smallest absolute Gasteiger partial charge is 0.225 e. The largest absolute Gasteiger partial charge is 0.381 e. The predicted octanol–water partition coefficient (Wildman–Crippen LogP) is 1.75. The van der Waals surface area contributed by atoms with Gasteiger partial charge in [-0.1, -0.05) is 30.3 Å². The summed E-state index contributed by atoms with van der Waals surface area (Å²) in [4.78, 5) is 25.9. The maximum atomic E-state index is 12.6. The molecule has 2 saturated heterocycles. The van der Waals surface area contributed by atoms with E-state index in [-0.39, 0.29) is 23.8 Å². The number of nitrogens with one attached hydrogen (secondary N) is 1. The third-order valence-corrected chi connectivity index (χ3v) is 4.82. The van der Waals surface area contributed by atoms with Crippen molar-refractivity contribution < 1.29 is 14.3 Å². The highest BCUT2D eigenvalue weighted by atomic mass is 16.5. The molecule has 5 heteroatoms. The van der Waals surface area contributed by atoms with Crippen LogP contribution < -0.4 is 5.32 Å². The number of carbonyl (C=O) groups is 2. The van der Waals surface area contributed by atoms with Crippen LogP contribution in [0.3, 0.4) is 0 Å². The van der Waals surface area contributed by atoms with E-state index in [1.165, 1.54) is 0 Å². The first-order chi connectivity index (χ1) is 11.1. The zero-order chi connectivity index (χ0) is 16.2. The molecule has 0 aliphatic carbocycles. The lowest BCUT2D eigenvalue weighted by molar-refractivity contribution is -0.128. The molecule has 0 aromatic heterocycles. The molecule has 23 heavy (non-hydrogen) atoms. The number of likely N-dealkylation sites (tertiary alicyclic amines) is 1. The number of nitrogens with zero attached hydrogens (tertiary/aromatic N) is 1. The highest BCUT2D eigenvalue weighted by molar-refractivity contribution is 5.89. The van der Waals surface area contributed by atoms with Crippen molar-refractivity contribution in [2.75, 3.05) is 26.8 Å². The highest BCUT2D eigenvalue weighted by Gasteiger charge is 2.33. The predicted molar refractivity (Wildman–Crippen MR) is 86.6 cm³/mol. The molecular formula is C18H24N2O3. The first-order valence-electron chi connectivity index (χ1n) is 8.30. The van der Waals surface area contributed by atoms with Crippen LogP contribution in [-0.2, 0) is 14.3 Å². The molecule has 1 aromatic rings. The molecule has 2 aliphatic heterocycles. The minimum atomic E-state index is -0.237. The minimum absolute atomic E-state index is 0.0172. The summed E-state index contributed by atoms with van der Waals surface area (Å²) >= 11 is 0. The fourth-order valence-corrected chi connectivity index (χ4v) is 3.39. The van der Waals surface area contributed by atoms with Crippen LogP contribution in [0.2, 0.25) is 0 Å². The Morgan fingerprint density at radius 3 is 2.78 bits per heavy atom. The summed E-state index contributed by atoms with van der Waals surface area (Å²) in [5.74, 6) is 0.271. The second-order valence-electron chi connectivity index (χ2n) is 6.61. The molecule has 3 rings (SSSR count). The number of hydrogen-bond acceptors (Lipinski definition) is 3. The molecule has 0 bridgehead atoms. The molecule has 5 nitrogen and oxygen atoms in total. The van der Waals surface area contributed by atoms with Crippen molar-refractivity contribution in [2.45, 2.75) is 25.3 Å². The lowest BCUT2D eigenvalue weighted by atomic mass is 9.93. The van der Waals surface area contributed by atoms with E-state index in [0.29, 0.717) is 18.9 Å². The van der Waals surface area contributed by atoms with E-state index in [1.807, 2.05) is 30.3 Å². The van der Waals surface area contributed by atoms with Gasteiger partial charge < -0.3 is 15.0 Å². The fourth-order valence-electron chi connectivity index (χ4n) is 3.39. The van der Waals surface area contributed by atoms with Crippen LogP contribution in [0.1, 0.15) is 30.9 Å². The quantitative estimate of drug-likeness (QED) is 0.900. The zero-order valence-corrected chi connectivity index (χ0v) is 13.5. The lowest BCUT2D eigenvalue weighted by Crippen LogP contribution is -2.36. The molecule has 124 valence electrons. The van der Waals surface area contributed by atoms with Gasteiger partial charge in [-0.15, -0.1) is 0 Å². The molecule has 1 aromatic carbocycles. The van der Waals surface area contributed by atoms with Crippen LogP contribution in [0, 0.1) is 11.8 Å². The first-order valence-corrected chi connectivity index (χ1v) is 8.30. The van der Waals surface area contributed by atoms with Gasteiger partial charge in [0.2, 0.25) is 11.8 Å². The SMILES string of the molecule is CN1C[C@H](C(=O)N[C@@H](C[C@H]2CCOC2)c2ccccc2)CC1=O. The van der Waals surface area contributed by atoms with Crippen LogP contribution >= 0.6 is 0 Å². The maximum Gasteiger partial charge on any atom is 0.225 e. The summed E-state index contributed by atoms with van der Waals surface area (Å²) in [5, 5.41) is 3.17. The second kappa shape index (κ2) is 7.13. The first kappa shape index (κ1) is 16.0. The Balaban J connectivity index is 1.68. The van der Waals surface area contributed by atoms with Crippen molar-refractivity contribution >= 4 is 11.8 Å². The number of benzene rings is 1. The van der Waals surface area contributed by atoms with Crippen molar-refractivity contribution in [1.82, 2.24) is 10.2 Å². The van der Waals surface area contributed by atoms with Gasteiger partial charge in [0, 0.05) is 33.2 Å². The Bertz CT molecular complexity index is 555. The molecule has 0 saturated carbocycles. The normalized spacial score (nSPS) is 25.6. The van der Waals surface area contributed by atoms with Gasteiger partial charge in [-0.25, -0.2) is 0 Å². The van der Waals surface area contributed by atoms with Gasteiger partial charge in [-0.2, -0.15) is 0 Å². The molecular weight excluding hydrogens is 292 g/mol. The van der Waals surface area contributed by atoms with Crippen molar-refractivity contribution in [3.05, 3.63) is 35.9 Å². The minimum Gasteiger partial charge on any atom is -0.381 e. The van der Waals surface area contributed by atoms with Crippen molar-refractivity contribution in [3.8, 4) is 0 Å². The van der Waals surface area contributed by atoms with Crippen LogP contribution in [0.5, 0.6) is 0 Å². The van der Waals surface area contributed by atoms with Gasteiger partial charge in [0.05, 0.1) is 12.0 Å². The Labute approximate surface area is 137 Å². The molecule has 3 atom stereocenters. The Hall–Kier alpha value is -1.88. The van der Waals surface area contributed by atoms with Crippen LogP contribution in [-0.4, -0.2) is 43.5 Å². The summed E-state index contributed by atoms with van der Waals surface area (Å²) in [6.07, 6.45) is 2.24. The van der Waals surface area contributed by atoms with E-state index in [2.05, 4.69) is 5.32 Å². The van der Waals surface area contributed by atoms with E-state index >= 15 is 0 Å². The molecule has 2 heterocycles. The summed E-state index contributed by atoms with van der Waals surface area (Å²) < 4.78 is 5.46. The number of hydrogen-bond donors (Lipinski definition) is 1. The van der Waals surface area contributed by atoms with Gasteiger partial charge in [0.25, 0.3) is 0 Å². The van der Waals surface area contributed by atoms with Crippen molar-refractivity contribution in [1.29, 1.82) is 0 Å². The third-order valence-electron chi connectivity index (χ3n) is 4.82. The summed E-state index contributed by atoms with van der Waals surface area (Å²) in [5.41, 5.74) is 1.12. The van der Waals surface area contributed by atoms with E-state index in [1.54, 1.807) is 11.9 Å². The number of amides is 2. The van der Waals surface area contributed by atoms with Crippen LogP contribution in [0.15, 0.2) is 30.3 Å². The highest BCUT2D eigenvalue weighted by Crippen LogP contribution is 2.27. The van der Waals surface area contributed by atoms with Crippen molar-refractivity contribution in [3.63, 3.8) is 0 Å². The topological polar surface area (TPSA) is 58.6 Å². The molecule has 2 fully saturated rings. The second-order valence-corrected chi connectivity index (χ2v) is 6.61. The molecule has 0 radical (unpaired) electrons. The number of ether oxygens (including phenoxy) is 1. The van der Waals surface area contributed by atoms with Crippen molar-refractivity contribution in [2.24, 2.45) is 11.8 Å². The monoisotopic (exact) mass is 316 g/mol. The molecule has 0 spiro atoms. The lowest BCUT2D eigenvalue weighted by Gasteiger charge is -2.23. The van der Waals surface area contributed by atoms with Gasteiger partial charge in [-0.3, -0.25) is 9.59 Å². The molecule has 1 N–H and O–H groups in total. The van der Waals surface area contributed by atoms with Gasteiger partial charge in [0.1, 0.15) is 0 Å². The van der Waals surface area contributed by atoms with Gasteiger partial charge >= 0.3 is 0 Å². The van der Waals surface area contributed by atoms with Gasteiger partial charge in [-0.05, 0) is 24.3 Å². The van der Waals surface area contributed by atoms with E-state index in [0.717, 1.165) is 31.6 Å². The number of carbonyl (C=O) groups excluding carboxylic acids is 2. The standard InChI is InChI=1S/C18H24N2O3/c1-20-11-15(10-17(20)21)18(22)19-16(9-13-7-8-23-12-13)14-5-3-2-4-6-14/h2-6,13,15-16H,7-12H2,1H3,(H,19,22)/t13-,15-,16+/m1/s1. The fraction of sp³-hybridized carbons (Fsp3) is 0.556. The molecule has 0 unspecified atom stereocenters. The van der Waals surface area contributed by atoms with Crippen LogP contribution in [0.4, 0.5) is 0 Å². The Morgan fingerprint density at radius 1 is 1.39 bits per heavy atom. The van der Waals surface area contributed by atoms with E-state index in [9.17, 15) is 9.59 Å². The zero-order valence-electron chi connectivity index (χ0n) is 13.5. The third kappa shape index (κ3) is 3.91. The molecule has 2 aliphatic rings. The average Bonchev–Trinajstić information content (AvgIpc) is 3.18. The van der Waals surface area contributed by atoms with Crippen LogP contribution in [0.25, 0.3) is 0 Å². The Kier molecular flexibility index (Phi) is 4.96. The molecule has 2 amide bonds. The maximum absolute atomic E-state index is 12.6. The van der Waals surface area contributed by atoms with E-state index < -0.39 is 0 Å². The average molecular weight is 316 g/mol. The summed E-state index contributed by atoms with van der Waals surface area (Å²) in [7, 11) is 1.75. The van der Waals surface area contributed by atoms with Gasteiger partial charge in [0.15, 0.2) is 0 Å². The Morgan fingerprint density at radius 2 is 2.17 bits per heavy atom.